The zero-order chi connectivity index (χ0) is 31.5. The smallest absolute Gasteiger partial charge is 0.176 e. The van der Waals surface area contributed by atoms with Gasteiger partial charge in [-0.3, -0.25) is 0 Å². The van der Waals surface area contributed by atoms with Crippen LogP contribution in [-0.4, -0.2) is 152 Å². The minimum atomic E-state index is -1.74. The summed E-state index contributed by atoms with van der Waals surface area (Å²) < 4.78 is 28.5. The molecular weight excluding hydrogens is 574 g/mol. The Bertz CT molecular complexity index is 1040. The molecule has 0 bridgehead atoms. The van der Waals surface area contributed by atoms with E-state index in [1.807, 2.05) is 30.3 Å². The average Bonchev–Trinajstić information content (AvgIpc) is 3.01. The third kappa shape index (κ3) is 7.10. The predicted octanol–water partition coefficient (Wildman–Crippen LogP) is -5.20. The van der Waals surface area contributed by atoms with E-state index in [2.05, 4.69) is 0 Å². The highest BCUT2D eigenvalue weighted by atomic mass is 16.7. The molecule has 14 N–H and O–H groups in total. The van der Waals surface area contributed by atoms with Crippen LogP contribution in [0.1, 0.15) is 12.0 Å². The standard InChI is InChI=1S/C27H43N3O13/c28-15-18(34)21(13(9-31)39-24(15)38)41-25-16(29)19(35)22(14(10-32)40-25)42-26-17(30)20(36)23(37)27(11-33,43-26)8-4-7-12-5-2-1-3-6-12/h1-7,13-26,31-38H,8-11,28-30H2/b7-4+/t13-,14-,15-,16-,17-,18-,19-,20-,21?,22?,23+,24-,25+,26+,27-/m1/s1. The minimum absolute atomic E-state index is 0.0551. The van der Waals surface area contributed by atoms with Gasteiger partial charge in [-0.25, -0.2) is 0 Å². The Kier molecular flexibility index (Phi) is 11.6. The molecule has 1 aromatic rings. The monoisotopic (exact) mass is 617 g/mol. The summed E-state index contributed by atoms with van der Waals surface area (Å²) in [6.45, 7) is -2.12. The number of hydrogen-bond acceptors (Lipinski definition) is 16. The minimum Gasteiger partial charge on any atom is -0.394 e. The Morgan fingerprint density at radius 2 is 1.30 bits per heavy atom. The fourth-order valence-corrected chi connectivity index (χ4v) is 5.46. The molecule has 3 aliphatic heterocycles. The molecule has 15 atom stereocenters. The first-order chi connectivity index (χ1) is 20.5. The highest BCUT2D eigenvalue weighted by Crippen LogP contribution is 2.36. The van der Waals surface area contributed by atoms with E-state index in [0.29, 0.717) is 0 Å². The van der Waals surface area contributed by atoms with E-state index < -0.39 is 111 Å². The van der Waals surface area contributed by atoms with Gasteiger partial charge in [0.05, 0.1) is 37.9 Å². The molecule has 3 aliphatic rings. The summed E-state index contributed by atoms with van der Waals surface area (Å²) in [5.41, 5.74) is 17.2. The number of ether oxygens (including phenoxy) is 5. The summed E-state index contributed by atoms with van der Waals surface area (Å²) in [4.78, 5) is 0. The Balaban J connectivity index is 1.49. The van der Waals surface area contributed by atoms with Crippen LogP contribution >= 0.6 is 0 Å². The van der Waals surface area contributed by atoms with Crippen molar-refractivity contribution in [1.82, 2.24) is 0 Å². The van der Waals surface area contributed by atoms with Crippen molar-refractivity contribution in [1.29, 1.82) is 0 Å². The van der Waals surface area contributed by atoms with Crippen LogP contribution in [0.25, 0.3) is 6.08 Å². The van der Waals surface area contributed by atoms with Crippen LogP contribution in [0, 0.1) is 0 Å². The van der Waals surface area contributed by atoms with Gasteiger partial charge in [0.15, 0.2) is 18.9 Å². The van der Waals surface area contributed by atoms with Crippen LogP contribution in [-0.2, 0) is 23.7 Å². The van der Waals surface area contributed by atoms with E-state index in [1.165, 1.54) is 0 Å². The molecule has 3 heterocycles. The van der Waals surface area contributed by atoms with Crippen molar-refractivity contribution in [2.45, 2.75) is 97.8 Å². The Morgan fingerprint density at radius 1 is 0.744 bits per heavy atom. The largest absolute Gasteiger partial charge is 0.394 e. The van der Waals surface area contributed by atoms with Crippen LogP contribution in [0.3, 0.4) is 0 Å². The summed E-state index contributed by atoms with van der Waals surface area (Å²) in [6.07, 6.45) is -12.8. The SMILES string of the molecule is N[C@H]1[C@@H](OC2[C@@H](CO)O[C@@H](OC3[C@@H](CO)O[C@@H](O)[C@H](N)[C@H]3O)[C@H](N)[C@H]2O)O[C@@](CO)(C/C=C/c2ccccc2)[C@@H](O)[C@@H]1O. The molecular formula is C27H43N3O13. The first-order valence-electron chi connectivity index (χ1n) is 14.0. The second-order valence-corrected chi connectivity index (χ2v) is 11.0. The Labute approximate surface area is 247 Å². The molecule has 0 spiro atoms. The number of benzene rings is 1. The maximum absolute atomic E-state index is 11.1. The Morgan fingerprint density at radius 3 is 1.91 bits per heavy atom. The number of rotatable bonds is 10. The van der Waals surface area contributed by atoms with Crippen molar-refractivity contribution in [3.05, 3.63) is 42.0 Å². The summed E-state index contributed by atoms with van der Waals surface area (Å²) in [5.74, 6) is 0. The van der Waals surface area contributed by atoms with Crippen molar-refractivity contribution in [3.8, 4) is 0 Å². The molecule has 0 aromatic heterocycles. The summed E-state index contributed by atoms with van der Waals surface area (Å²) in [7, 11) is 0. The molecule has 1 aromatic carbocycles. The zero-order valence-corrected chi connectivity index (χ0v) is 23.3. The molecule has 0 amide bonds. The fraction of sp³-hybridized carbons (Fsp3) is 0.704. The molecule has 244 valence electrons. The number of nitrogens with two attached hydrogens (primary N) is 3. The quantitative estimate of drug-likeness (QED) is 0.117. The van der Waals surface area contributed by atoms with Gasteiger partial charge < -0.3 is 81.7 Å². The van der Waals surface area contributed by atoms with Crippen molar-refractivity contribution in [3.63, 3.8) is 0 Å². The first kappa shape index (κ1) is 34.2. The van der Waals surface area contributed by atoms with Gasteiger partial charge in [-0.2, -0.15) is 0 Å². The Hall–Kier alpha value is -1.68. The van der Waals surface area contributed by atoms with Gasteiger partial charge in [0, 0.05) is 0 Å². The highest BCUT2D eigenvalue weighted by molar-refractivity contribution is 5.48. The lowest BCUT2D eigenvalue weighted by Gasteiger charge is -2.51. The zero-order valence-electron chi connectivity index (χ0n) is 23.3. The van der Waals surface area contributed by atoms with E-state index in [4.69, 9.17) is 40.9 Å². The second-order valence-electron chi connectivity index (χ2n) is 11.0. The molecule has 3 fully saturated rings. The van der Waals surface area contributed by atoms with E-state index in [1.54, 1.807) is 12.2 Å². The third-order valence-corrected chi connectivity index (χ3v) is 8.17. The van der Waals surface area contributed by atoms with Crippen molar-refractivity contribution in [2.24, 2.45) is 17.2 Å². The van der Waals surface area contributed by atoms with E-state index in [0.717, 1.165) is 5.56 Å². The van der Waals surface area contributed by atoms with Crippen LogP contribution in [0.2, 0.25) is 0 Å². The maximum atomic E-state index is 11.1. The summed E-state index contributed by atoms with van der Waals surface area (Å²) >= 11 is 0. The molecule has 2 unspecified atom stereocenters. The van der Waals surface area contributed by atoms with E-state index >= 15 is 0 Å². The summed E-state index contributed by atoms with van der Waals surface area (Å²) in [6, 6.07) is 5.22. The van der Waals surface area contributed by atoms with Gasteiger partial charge in [-0.15, -0.1) is 0 Å². The fourth-order valence-electron chi connectivity index (χ4n) is 5.46. The lowest BCUT2D eigenvalue weighted by atomic mass is 9.83. The normalized spacial score (nSPS) is 45.8. The molecule has 4 rings (SSSR count). The van der Waals surface area contributed by atoms with Gasteiger partial charge in [-0.05, 0) is 12.0 Å². The number of hydrogen-bond donors (Lipinski definition) is 11. The van der Waals surface area contributed by atoms with Gasteiger partial charge in [0.2, 0.25) is 0 Å². The molecule has 0 radical (unpaired) electrons. The van der Waals surface area contributed by atoms with Gasteiger partial charge >= 0.3 is 0 Å². The summed E-state index contributed by atoms with van der Waals surface area (Å²) in [5, 5.41) is 83.1. The predicted molar refractivity (Wildman–Crippen MR) is 146 cm³/mol. The third-order valence-electron chi connectivity index (χ3n) is 8.17. The maximum Gasteiger partial charge on any atom is 0.176 e. The van der Waals surface area contributed by atoms with Crippen LogP contribution in [0.5, 0.6) is 0 Å². The van der Waals surface area contributed by atoms with Crippen LogP contribution < -0.4 is 17.2 Å². The van der Waals surface area contributed by atoms with Gasteiger partial charge in [0.1, 0.15) is 54.4 Å². The van der Waals surface area contributed by atoms with Crippen molar-refractivity contribution in [2.75, 3.05) is 19.8 Å². The van der Waals surface area contributed by atoms with Crippen molar-refractivity contribution < 1.29 is 64.5 Å². The van der Waals surface area contributed by atoms with E-state index in [-0.39, 0.29) is 6.42 Å². The topological polar surface area (TPSA) is 286 Å². The highest BCUT2D eigenvalue weighted by Gasteiger charge is 2.55. The molecule has 16 nitrogen and oxygen atoms in total. The van der Waals surface area contributed by atoms with E-state index in [9.17, 15) is 40.9 Å². The molecule has 0 saturated carbocycles. The molecule has 0 aliphatic carbocycles. The van der Waals surface area contributed by atoms with Gasteiger partial charge in [0.25, 0.3) is 0 Å². The van der Waals surface area contributed by atoms with Crippen LogP contribution in [0.15, 0.2) is 36.4 Å². The van der Waals surface area contributed by atoms with Gasteiger partial charge in [-0.1, -0.05) is 42.5 Å². The average molecular weight is 618 g/mol. The first-order valence-corrected chi connectivity index (χ1v) is 14.0. The van der Waals surface area contributed by atoms with Crippen LogP contribution in [0.4, 0.5) is 0 Å². The second kappa shape index (κ2) is 14.6. The molecule has 3 saturated heterocycles. The lowest BCUT2D eigenvalue weighted by molar-refractivity contribution is -0.360. The lowest BCUT2D eigenvalue weighted by Crippen LogP contribution is -2.71. The van der Waals surface area contributed by atoms with Crippen molar-refractivity contribution >= 4 is 6.08 Å². The number of aliphatic hydroxyl groups excluding tert-OH is 8. The molecule has 43 heavy (non-hydrogen) atoms. The number of aliphatic hydroxyl groups is 8. The molecule has 16 heteroatoms.